The molecule has 3 rings (SSSR count). The van der Waals surface area contributed by atoms with Gasteiger partial charge in [0.2, 0.25) is 5.91 Å². The van der Waals surface area contributed by atoms with Crippen molar-refractivity contribution in [2.24, 2.45) is 4.99 Å². The van der Waals surface area contributed by atoms with Crippen LogP contribution in [0.2, 0.25) is 0 Å². The van der Waals surface area contributed by atoms with Gasteiger partial charge in [-0.25, -0.2) is 4.99 Å². The van der Waals surface area contributed by atoms with E-state index in [2.05, 4.69) is 36.3 Å². The number of aryl methyl sites for hydroxylation is 1. The summed E-state index contributed by atoms with van der Waals surface area (Å²) in [4.78, 5) is 31.5. The van der Waals surface area contributed by atoms with E-state index in [1.54, 1.807) is 11.0 Å². The maximum Gasteiger partial charge on any atom is 0.283 e. The summed E-state index contributed by atoms with van der Waals surface area (Å²) >= 11 is 1.27. The van der Waals surface area contributed by atoms with Crippen LogP contribution in [0.3, 0.4) is 0 Å². The Morgan fingerprint density at radius 1 is 1.06 bits per heavy atom. The number of hydrogen-bond donors (Lipinski definition) is 1. The Kier molecular flexibility index (Phi) is 7.33. The molecule has 2 amide bonds. The largest absolute Gasteiger partial charge is 0.353 e. The number of hydrogen-bond acceptors (Lipinski definition) is 4. The van der Waals surface area contributed by atoms with Gasteiger partial charge in [0.15, 0.2) is 5.17 Å². The van der Waals surface area contributed by atoms with Crippen molar-refractivity contribution in [2.75, 3.05) is 10.7 Å². The maximum absolute atomic E-state index is 13.2. The molecule has 0 spiro atoms. The summed E-state index contributed by atoms with van der Waals surface area (Å²) in [6.07, 6.45) is 1.80. The van der Waals surface area contributed by atoms with Crippen LogP contribution >= 0.6 is 11.8 Å². The highest BCUT2D eigenvalue weighted by atomic mass is 32.2. The molecule has 0 saturated carbocycles. The number of amides is 2. The molecule has 6 heteroatoms. The number of rotatable bonds is 6. The van der Waals surface area contributed by atoms with Crippen molar-refractivity contribution in [2.45, 2.75) is 46.6 Å². The van der Waals surface area contributed by atoms with Gasteiger partial charge in [0, 0.05) is 6.04 Å². The lowest BCUT2D eigenvalue weighted by Gasteiger charge is -2.18. The van der Waals surface area contributed by atoms with E-state index in [4.69, 9.17) is 0 Å². The lowest BCUT2D eigenvalue weighted by Crippen LogP contribution is -2.34. The molecule has 1 aliphatic rings. The number of amidine groups is 1. The van der Waals surface area contributed by atoms with E-state index in [0.717, 1.165) is 16.8 Å². The summed E-state index contributed by atoms with van der Waals surface area (Å²) < 4.78 is 0. The minimum atomic E-state index is -0.191. The van der Waals surface area contributed by atoms with Crippen molar-refractivity contribution in [3.05, 3.63) is 70.9 Å². The first-order valence-corrected chi connectivity index (χ1v) is 11.5. The Labute approximate surface area is 188 Å². The number of benzene rings is 2. The van der Waals surface area contributed by atoms with Crippen LogP contribution in [-0.4, -0.2) is 28.8 Å². The van der Waals surface area contributed by atoms with E-state index in [-0.39, 0.29) is 23.6 Å². The molecule has 5 nitrogen and oxygen atoms in total. The average molecular weight is 436 g/mol. The number of carbonyl (C=O) groups excluding carboxylic acids is 2. The predicted molar refractivity (Wildman–Crippen MR) is 130 cm³/mol. The van der Waals surface area contributed by atoms with E-state index in [1.165, 1.54) is 17.3 Å². The summed E-state index contributed by atoms with van der Waals surface area (Å²) in [5.74, 6) is 0.373. The smallest absolute Gasteiger partial charge is 0.283 e. The summed E-state index contributed by atoms with van der Waals surface area (Å²) in [5, 5.41) is 3.38. The van der Waals surface area contributed by atoms with Crippen LogP contribution in [0.25, 0.3) is 6.08 Å². The third-order valence-corrected chi connectivity index (χ3v) is 5.75. The molecule has 0 fully saturated rings. The molecule has 31 heavy (non-hydrogen) atoms. The Bertz CT molecular complexity index is 1010. The summed E-state index contributed by atoms with van der Waals surface area (Å²) in [5.41, 5.74) is 4.38. The number of nitrogens with one attached hydrogen (secondary N) is 1. The van der Waals surface area contributed by atoms with Crippen molar-refractivity contribution in [3.8, 4) is 0 Å². The molecule has 0 bridgehead atoms. The summed E-state index contributed by atoms with van der Waals surface area (Å²) in [7, 11) is 0. The average Bonchev–Trinajstić information content (AvgIpc) is 3.02. The minimum Gasteiger partial charge on any atom is -0.353 e. The fraction of sp³-hybridized carbons (Fsp3) is 0.320. The van der Waals surface area contributed by atoms with Gasteiger partial charge in [0.1, 0.15) is 5.70 Å². The van der Waals surface area contributed by atoms with Crippen LogP contribution in [0.5, 0.6) is 0 Å². The first-order chi connectivity index (χ1) is 14.7. The molecule has 0 atom stereocenters. The first kappa shape index (κ1) is 22.8. The Hall–Kier alpha value is -2.86. The zero-order valence-electron chi connectivity index (χ0n) is 18.7. The van der Waals surface area contributed by atoms with Gasteiger partial charge in [0.25, 0.3) is 5.91 Å². The number of carbonyl (C=O) groups is 2. The quantitative estimate of drug-likeness (QED) is 0.641. The lowest BCUT2D eigenvalue weighted by atomic mass is 10.0. The third-order valence-electron chi connectivity index (χ3n) is 4.81. The van der Waals surface area contributed by atoms with E-state index in [1.807, 2.05) is 57.2 Å². The molecule has 1 N–H and O–H groups in total. The van der Waals surface area contributed by atoms with Gasteiger partial charge in [-0.2, -0.15) is 0 Å². The molecule has 0 saturated heterocycles. The first-order valence-electron chi connectivity index (χ1n) is 10.5. The Balaban J connectivity index is 1.89. The predicted octanol–water partition coefficient (Wildman–Crippen LogP) is 5.12. The van der Waals surface area contributed by atoms with Gasteiger partial charge < -0.3 is 5.32 Å². The van der Waals surface area contributed by atoms with Crippen molar-refractivity contribution in [1.29, 1.82) is 0 Å². The van der Waals surface area contributed by atoms with E-state index < -0.39 is 0 Å². The molecular formula is C25H29N3O2S. The number of nitrogens with zero attached hydrogens (tertiary/aromatic N) is 2. The molecule has 0 radical (unpaired) electrons. The second-order valence-electron chi connectivity index (χ2n) is 8.23. The van der Waals surface area contributed by atoms with Gasteiger partial charge in [-0.15, -0.1) is 0 Å². The zero-order chi connectivity index (χ0) is 22.5. The fourth-order valence-electron chi connectivity index (χ4n) is 3.14. The van der Waals surface area contributed by atoms with Crippen LogP contribution in [0.1, 0.15) is 50.3 Å². The van der Waals surface area contributed by atoms with Gasteiger partial charge in [-0.1, -0.05) is 67.6 Å². The van der Waals surface area contributed by atoms with Crippen LogP contribution in [0.4, 0.5) is 5.69 Å². The topological polar surface area (TPSA) is 61.8 Å². The highest BCUT2D eigenvalue weighted by molar-refractivity contribution is 8.14. The second-order valence-corrected chi connectivity index (χ2v) is 9.17. The standard InChI is InChI=1S/C25H29N3O2S/c1-16(2)20-10-8-19(9-11-20)14-22-24(30)28(21-12-6-18(5)7-13-21)25(27-22)31-15-23(29)26-17(3)4/h6-14,16-17H,15H2,1-5H3,(H,26,29)/b22-14-. The van der Waals surface area contributed by atoms with Crippen molar-refractivity contribution in [1.82, 2.24) is 5.32 Å². The summed E-state index contributed by atoms with van der Waals surface area (Å²) in [6, 6.07) is 15.9. The van der Waals surface area contributed by atoms with Crippen molar-refractivity contribution >= 4 is 40.5 Å². The molecule has 1 aliphatic heterocycles. The van der Waals surface area contributed by atoms with Crippen LogP contribution < -0.4 is 10.2 Å². The molecule has 0 aromatic heterocycles. The number of aliphatic imine (C=N–C) groups is 1. The molecule has 162 valence electrons. The van der Waals surface area contributed by atoms with Gasteiger partial charge in [0.05, 0.1) is 11.4 Å². The molecule has 0 unspecified atom stereocenters. The summed E-state index contributed by atoms with van der Waals surface area (Å²) in [6.45, 7) is 10.1. The fourth-order valence-corrected chi connectivity index (χ4v) is 3.97. The molecular weight excluding hydrogens is 406 g/mol. The SMILES string of the molecule is Cc1ccc(N2C(=O)/C(=C/c3ccc(C(C)C)cc3)N=C2SCC(=O)NC(C)C)cc1. The van der Waals surface area contributed by atoms with Crippen molar-refractivity contribution < 1.29 is 9.59 Å². The monoisotopic (exact) mass is 435 g/mol. The van der Waals surface area contributed by atoms with E-state index in [9.17, 15) is 9.59 Å². The highest BCUT2D eigenvalue weighted by Crippen LogP contribution is 2.30. The zero-order valence-corrected chi connectivity index (χ0v) is 19.5. The number of anilines is 1. The Morgan fingerprint density at radius 3 is 2.29 bits per heavy atom. The maximum atomic E-state index is 13.2. The van der Waals surface area contributed by atoms with E-state index in [0.29, 0.717) is 16.8 Å². The highest BCUT2D eigenvalue weighted by Gasteiger charge is 2.32. The van der Waals surface area contributed by atoms with Gasteiger partial charge >= 0.3 is 0 Å². The normalized spacial score (nSPS) is 15.2. The van der Waals surface area contributed by atoms with Crippen LogP contribution in [0.15, 0.2) is 59.2 Å². The van der Waals surface area contributed by atoms with Gasteiger partial charge in [-0.3, -0.25) is 14.5 Å². The third kappa shape index (κ3) is 5.85. The molecule has 2 aromatic carbocycles. The van der Waals surface area contributed by atoms with Crippen molar-refractivity contribution in [3.63, 3.8) is 0 Å². The van der Waals surface area contributed by atoms with Crippen LogP contribution in [-0.2, 0) is 9.59 Å². The number of thioether (sulfide) groups is 1. The molecule has 1 heterocycles. The van der Waals surface area contributed by atoms with Gasteiger partial charge in [-0.05, 0) is 56.0 Å². The minimum absolute atomic E-state index is 0.0673. The van der Waals surface area contributed by atoms with E-state index >= 15 is 0 Å². The Morgan fingerprint density at radius 2 is 1.71 bits per heavy atom. The van der Waals surface area contributed by atoms with Crippen LogP contribution in [0, 0.1) is 6.92 Å². The molecule has 0 aliphatic carbocycles. The second kappa shape index (κ2) is 9.96. The molecule has 2 aromatic rings. The lowest BCUT2D eigenvalue weighted by molar-refractivity contribution is -0.119.